The third kappa shape index (κ3) is 1.94. The highest BCUT2D eigenvalue weighted by atomic mass is 16.5. The maximum Gasteiger partial charge on any atom is 0.307 e. The van der Waals surface area contributed by atoms with Crippen molar-refractivity contribution < 1.29 is 9.53 Å². The molecular weight excluding hydrogens is 188 g/mol. The quantitative estimate of drug-likeness (QED) is 0.544. The van der Waals surface area contributed by atoms with Crippen LogP contribution < -0.4 is 0 Å². The van der Waals surface area contributed by atoms with E-state index in [1.54, 1.807) is 6.08 Å². The summed E-state index contributed by atoms with van der Waals surface area (Å²) in [5.41, 5.74) is 2.37. The second-order valence-corrected chi connectivity index (χ2v) is 3.91. The third-order valence-corrected chi connectivity index (χ3v) is 2.79. The molecular formula is C13H14O2. The Kier molecular flexibility index (Phi) is 2.58. The molecule has 0 saturated carbocycles. The van der Waals surface area contributed by atoms with Gasteiger partial charge in [0.15, 0.2) is 0 Å². The second-order valence-electron chi connectivity index (χ2n) is 3.91. The lowest BCUT2D eigenvalue weighted by Gasteiger charge is -2.13. The van der Waals surface area contributed by atoms with Crippen molar-refractivity contribution in [2.24, 2.45) is 0 Å². The van der Waals surface area contributed by atoms with Gasteiger partial charge in [0.2, 0.25) is 0 Å². The summed E-state index contributed by atoms with van der Waals surface area (Å²) >= 11 is 0. The van der Waals surface area contributed by atoms with Crippen molar-refractivity contribution in [3.63, 3.8) is 0 Å². The number of carbonyl (C=O) groups is 1. The van der Waals surface area contributed by atoms with Gasteiger partial charge in [-0.25, -0.2) is 0 Å². The number of cyclic esters (lactones) is 1. The lowest BCUT2D eigenvalue weighted by Crippen LogP contribution is -2.10. The highest BCUT2D eigenvalue weighted by Crippen LogP contribution is 2.32. The summed E-state index contributed by atoms with van der Waals surface area (Å²) in [6, 6.07) is 8.22. The van der Waals surface area contributed by atoms with Crippen LogP contribution in [0.2, 0.25) is 0 Å². The molecule has 2 heteroatoms. The van der Waals surface area contributed by atoms with Crippen LogP contribution in [0.3, 0.4) is 0 Å². The van der Waals surface area contributed by atoms with Gasteiger partial charge in [-0.1, -0.05) is 42.5 Å². The predicted octanol–water partition coefficient (Wildman–Crippen LogP) is 2.58. The van der Waals surface area contributed by atoms with Crippen molar-refractivity contribution >= 4 is 5.97 Å². The van der Waals surface area contributed by atoms with E-state index in [2.05, 4.69) is 30.8 Å². The fourth-order valence-electron chi connectivity index (χ4n) is 1.91. The van der Waals surface area contributed by atoms with Gasteiger partial charge in [-0.15, -0.1) is 0 Å². The maximum atomic E-state index is 11.2. The number of hydrogen-bond donors (Lipinski definition) is 0. The van der Waals surface area contributed by atoms with Crippen LogP contribution in [0.15, 0.2) is 36.9 Å². The summed E-state index contributed by atoms with van der Waals surface area (Å²) in [6.07, 6.45) is 2.00. The van der Waals surface area contributed by atoms with Gasteiger partial charge in [-0.3, -0.25) is 4.79 Å². The van der Waals surface area contributed by atoms with Crippen LogP contribution in [-0.4, -0.2) is 12.1 Å². The molecule has 15 heavy (non-hydrogen) atoms. The van der Waals surface area contributed by atoms with E-state index in [0.717, 1.165) is 5.56 Å². The Morgan fingerprint density at radius 1 is 1.40 bits per heavy atom. The Labute approximate surface area is 89.6 Å². The zero-order valence-electron chi connectivity index (χ0n) is 8.77. The van der Waals surface area contributed by atoms with E-state index in [1.807, 2.05) is 6.92 Å². The van der Waals surface area contributed by atoms with E-state index in [1.165, 1.54) is 5.56 Å². The molecule has 0 amide bonds. The predicted molar refractivity (Wildman–Crippen MR) is 58.6 cm³/mol. The topological polar surface area (TPSA) is 26.3 Å². The van der Waals surface area contributed by atoms with Crippen molar-refractivity contribution in [3.8, 4) is 0 Å². The number of carbonyl (C=O) groups excluding carboxylic acids is 1. The van der Waals surface area contributed by atoms with E-state index in [4.69, 9.17) is 4.74 Å². The zero-order chi connectivity index (χ0) is 10.8. The highest BCUT2D eigenvalue weighted by molar-refractivity contribution is 5.73. The number of aryl methyl sites for hydroxylation is 1. The lowest BCUT2D eigenvalue weighted by atomic mass is 9.92. The molecule has 2 atom stereocenters. The van der Waals surface area contributed by atoms with Crippen LogP contribution >= 0.6 is 0 Å². The van der Waals surface area contributed by atoms with Gasteiger partial charge in [0.1, 0.15) is 6.10 Å². The normalized spacial score (nSPS) is 25.0. The standard InChI is InChI=1S/C13H14O2/c1-3-12-11(8-13(14)15-12)10-6-4-9(2)5-7-10/h3-7,11-12H,1,8H2,2H3/t11-,12+/m0/s1. The molecule has 2 nitrogen and oxygen atoms in total. The first kappa shape index (κ1) is 9.97. The summed E-state index contributed by atoms with van der Waals surface area (Å²) in [5, 5.41) is 0. The first-order valence-electron chi connectivity index (χ1n) is 5.09. The smallest absolute Gasteiger partial charge is 0.307 e. The van der Waals surface area contributed by atoms with Crippen LogP contribution in [0.1, 0.15) is 23.5 Å². The molecule has 0 aromatic heterocycles. The molecule has 1 saturated heterocycles. The van der Waals surface area contributed by atoms with Crippen LogP contribution in [-0.2, 0) is 9.53 Å². The third-order valence-electron chi connectivity index (χ3n) is 2.79. The fourth-order valence-corrected chi connectivity index (χ4v) is 1.91. The van der Waals surface area contributed by atoms with Gasteiger partial charge < -0.3 is 4.74 Å². The van der Waals surface area contributed by atoms with Gasteiger partial charge in [-0.2, -0.15) is 0 Å². The Balaban J connectivity index is 2.26. The molecule has 1 aromatic rings. The highest BCUT2D eigenvalue weighted by Gasteiger charge is 2.33. The molecule has 1 aromatic carbocycles. The van der Waals surface area contributed by atoms with Gasteiger partial charge in [-0.05, 0) is 12.5 Å². The Morgan fingerprint density at radius 2 is 2.07 bits per heavy atom. The number of rotatable bonds is 2. The molecule has 0 bridgehead atoms. The van der Waals surface area contributed by atoms with Crippen LogP contribution in [0.5, 0.6) is 0 Å². The molecule has 1 aliphatic heterocycles. The van der Waals surface area contributed by atoms with Crippen LogP contribution in [0, 0.1) is 6.92 Å². The number of benzene rings is 1. The van der Waals surface area contributed by atoms with Crippen LogP contribution in [0.25, 0.3) is 0 Å². The Morgan fingerprint density at radius 3 is 2.67 bits per heavy atom. The summed E-state index contributed by atoms with van der Waals surface area (Å²) in [4.78, 5) is 11.2. The minimum Gasteiger partial charge on any atom is -0.457 e. The summed E-state index contributed by atoms with van der Waals surface area (Å²) in [6.45, 7) is 5.74. The van der Waals surface area contributed by atoms with Crippen molar-refractivity contribution in [2.75, 3.05) is 0 Å². The molecule has 1 heterocycles. The monoisotopic (exact) mass is 202 g/mol. The number of ether oxygens (including phenoxy) is 1. The molecule has 0 N–H and O–H groups in total. The van der Waals surface area contributed by atoms with E-state index >= 15 is 0 Å². The van der Waals surface area contributed by atoms with Crippen molar-refractivity contribution in [2.45, 2.75) is 25.4 Å². The molecule has 1 fully saturated rings. The van der Waals surface area contributed by atoms with Gasteiger partial charge in [0.05, 0.1) is 6.42 Å². The molecule has 0 unspecified atom stereocenters. The van der Waals surface area contributed by atoms with Crippen molar-refractivity contribution in [3.05, 3.63) is 48.0 Å². The Bertz CT molecular complexity index is 378. The van der Waals surface area contributed by atoms with Gasteiger partial charge in [0.25, 0.3) is 0 Å². The van der Waals surface area contributed by atoms with Gasteiger partial charge >= 0.3 is 5.97 Å². The van der Waals surface area contributed by atoms with Crippen molar-refractivity contribution in [1.82, 2.24) is 0 Å². The number of hydrogen-bond acceptors (Lipinski definition) is 2. The second kappa shape index (κ2) is 3.89. The fraction of sp³-hybridized carbons (Fsp3) is 0.308. The molecule has 0 aliphatic carbocycles. The summed E-state index contributed by atoms with van der Waals surface area (Å²) < 4.78 is 5.15. The van der Waals surface area contributed by atoms with E-state index in [0.29, 0.717) is 6.42 Å². The van der Waals surface area contributed by atoms with E-state index < -0.39 is 0 Å². The average Bonchev–Trinajstić information content (AvgIpc) is 2.61. The number of esters is 1. The van der Waals surface area contributed by atoms with Gasteiger partial charge in [0, 0.05) is 5.92 Å². The Hall–Kier alpha value is -1.57. The zero-order valence-corrected chi connectivity index (χ0v) is 8.77. The molecule has 1 aliphatic rings. The molecule has 2 rings (SSSR count). The summed E-state index contributed by atoms with van der Waals surface area (Å²) in [5.74, 6) is 0.000995. The SMILES string of the molecule is C=C[C@H]1OC(=O)C[C@H]1c1ccc(C)cc1. The van der Waals surface area contributed by atoms with Crippen LogP contribution in [0.4, 0.5) is 0 Å². The molecule has 0 spiro atoms. The van der Waals surface area contributed by atoms with Crippen molar-refractivity contribution in [1.29, 1.82) is 0 Å². The lowest BCUT2D eigenvalue weighted by molar-refractivity contribution is -0.140. The molecule has 78 valence electrons. The first-order valence-corrected chi connectivity index (χ1v) is 5.09. The largest absolute Gasteiger partial charge is 0.457 e. The minimum absolute atomic E-state index is 0.134. The maximum absolute atomic E-state index is 11.2. The first-order chi connectivity index (χ1) is 7.20. The van der Waals surface area contributed by atoms with E-state index in [-0.39, 0.29) is 18.0 Å². The minimum atomic E-state index is -0.166. The molecule has 0 radical (unpaired) electrons. The summed E-state index contributed by atoms with van der Waals surface area (Å²) in [7, 11) is 0. The average molecular weight is 202 g/mol. The van der Waals surface area contributed by atoms with E-state index in [9.17, 15) is 4.79 Å².